The minimum absolute atomic E-state index is 0. The minimum atomic E-state index is 0. The normalized spacial score (nSPS) is 0.750. The molecule has 0 saturated heterocycles. The van der Waals surface area contributed by atoms with Gasteiger partial charge in [0.1, 0.15) is 0 Å². The quantitative estimate of drug-likeness (QED) is 0.511. The van der Waals surface area contributed by atoms with Gasteiger partial charge < -0.3 is 2.85 Å². The van der Waals surface area contributed by atoms with Gasteiger partial charge in [0.15, 0.2) is 0 Å². The van der Waals surface area contributed by atoms with Crippen molar-refractivity contribution in [2.75, 3.05) is 0 Å². The van der Waals surface area contributed by atoms with Gasteiger partial charge in [0.2, 0.25) is 0 Å². The molecule has 4 heteroatoms. The van der Waals surface area contributed by atoms with Crippen molar-refractivity contribution in [1.82, 2.24) is 0 Å². The molecule has 0 aliphatic rings. The van der Waals surface area contributed by atoms with Crippen LogP contribution in [0.25, 0.3) is 0 Å². The molecule has 4 heavy (non-hydrogen) atoms. The Kier molecular flexibility index (Phi) is 68.2. The number of hydrogen-bond acceptors (Lipinski definition) is 1. The Hall–Kier alpha value is 2.74. The third-order valence-corrected chi connectivity index (χ3v) is 0. The molecule has 0 saturated carbocycles. The summed E-state index contributed by atoms with van der Waals surface area (Å²) >= 11 is 0.194. The van der Waals surface area contributed by atoms with Crippen LogP contribution in [0.2, 0.25) is 0 Å². The van der Waals surface area contributed by atoms with Crippen molar-refractivity contribution < 1.29 is 46.6 Å². The fraction of sp³-hybridized carbons (Fsp3) is 0. The van der Waals surface area contributed by atoms with E-state index in [-0.39, 0.29) is 92.3 Å². The molecule has 0 heterocycles. The van der Waals surface area contributed by atoms with Crippen LogP contribution in [0.5, 0.6) is 0 Å². The van der Waals surface area contributed by atoms with E-state index in [4.69, 9.17) is 3.25 Å². The summed E-state index contributed by atoms with van der Waals surface area (Å²) in [5, 5.41) is 0. The van der Waals surface area contributed by atoms with Crippen LogP contribution >= 0.6 is 0 Å². The van der Waals surface area contributed by atoms with Crippen LogP contribution in [0, 0.1) is 0 Å². The van der Waals surface area contributed by atoms with Crippen LogP contribution in [0.4, 0.5) is 0 Å². The van der Waals surface area contributed by atoms with E-state index in [1.165, 1.54) is 0 Å². The average molecular weight is 402 g/mol. The fourth-order valence-corrected chi connectivity index (χ4v) is 0. The molecular formula is H2BaOTaZn. The largest absolute Gasteiger partial charge is 0 e. The Morgan fingerprint density at radius 3 is 1.50 bits per heavy atom. The van der Waals surface area contributed by atoms with E-state index in [1.807, 2.05) is 0 Å². The molecule has 0 bridgehead atoms. The van der Waals surface area contributed by atoms with Crippen LogP contribution in [-0.4, -0.2) is 48.9 Å². The summed E-state index contributed by atoms with van der Waals surface area (Å²) in [7, 11) is 0. The Morgan fingerprint density at radius 1 is 1.50 bits per heavy atom. The predicted octanol–water partition coefficient (Wildman–Crippen LogP) is -0.280. The van der Waals surface area contributed by atoms with E-state index in [9.17, 15) is 0 Å². The summed E-state index contributed by atoms with van der Waals surface area (Å²) in [6.45, 7) is 0. The maximum Gasteiger partial charge on any atom is 0 e. The summed E-state index contributed by atoms with van der Waals surface area (Å²) in [6, 6.07) is 0. The third kappa shape index (κ3) is 8.83. The average Bonchev–Trinajstić information content (AvgIpc) is 1.00. The molecule has 0 aliphatic carbocycles. The van der Waals surface area contributed by atoms with Gasteiger partial charge >= 0.3 is 73.2 Å². The first-order chi connectivity index (χ1) is 1.00. The summed E-state index contributed by atoms with van der Waals surface area (Å²) < 4.78 is 8.36. The molecule has 0 aromatic rings. The van der Waals surface area contributed by atoms with Gasteiger partial charge in [-0.2, -0.15) is 0 Å². The molecule has 0 radical (unpaired) electrons. The second-order valence-corrected chi connectivity index (χ2v) is 0. The van der Waals surface area contributed by atoms with Crippen molar-refractivity contribution >= 4 is 48.9 Å². The Labute approximate surface area is 93.3 Å². The van der Waals surface area contributed by atoms with Crippen molar-refractivity contribution in [1.29, 1.82) is 0 Å². The smallest absolute Gasteiger partial charge is 0 e. The van der Waals surface area contributed by atoms with Crippen molar-refractivity contribution in [3.05, 3.63) is 0 Å². The summed E-state index contributed by atoms with van der Waals surface area (Å²) in [4.78, 5) is 0. The van der Waals surface area contributed by atoms with Crippen molar-refractivity contribution in [2.45, 2.75) is 0 Å². The van der Waals surface area contributed by atoms with Crippen molar-refractivity contribution in [3.8, 4) is 0 Å². The van der Waals surface area contributed by atoms with E-state index in [0.29, 0.717) is 0 Å². The van der Waals surface area contributed by atoms with Crippen LogP contribution in [-0.2, 0) is 43.8 Å². The Morgan fingerprint density at radius 2 is 1.50 bits per heavy atom. The fourth-order valence-electron chi connectivity index (χ4n) is 0. The number of hydrogen-bond donors (Lipinski definition) is 0. The SMILES string of the molecule is [Ba+2].[H-].[H-].[O]=[Ta].[Zn]. The molecule has 0 aromatic carbocycles. The summed E-state index contributed by atoms with van der Waals surface area (Å²) in [5.41, 5.74) is 0. The Bertz CT molecular complexity index is 13.5. The zero-order chi connectivity index (χ0) is 2.00. The maximum atomic E-state index is 8.36. The third-order valence-electron chi connectivity index (χ3n) is 0. The van der Waals surface area contributed by atoms with Gasteiger partial charge in [-0.15, -0.1) is 0 Å². The zero-order valence-corrected chi connectivity index (χ0v) is 12.9. The molecule has 0 aromatic heterocycles. The second-order valence-electron chi connectivity index (χ2n) is 0. The molecule has 17 valence electrons. The van der Waals surface area contributed by atoms with Gasteiger partial charge in [-0.05, 0) is 0 Å². The molecule has 0 unspecified atom stereocenters. The van der Waals surface area contributed by atoms with E-state index in [1.54, 1.807) is 0 Å². The van der Waals surface area contributed by atoms with Gasteiger partial charge in [-0.1, -0.05) is 0 Å². The number of rotatable bonds is 0. The van der Waals surface area contributed by atoms with Gasteiger partial charge in [0.05, 0.1) is 0 Å². The van der Waals surface area contributed by atoms with Crippen molar-refractivity contribution in [3.63, 3.8) is 0 Å². The molecule has 0 rings (SSSR count). The molecule has 0 aliphatic heterocycles. The molecule has 0 atom stereocenters. The molecule has 0 fully saturated rings. The minimum Gasteiger partial charge on any atom is 0 e. The van der Waals surface area contributed by atoms with E-state index < -0.39 is 0 Å². The molecule has 1 nitrogen and oxygen atoms in total. The summed E-state index contributed by atoms with van der Waals surface area (Å²) in [5.74, 6) is 0. The Balaban J connectivity index is -0.000000000833. The molecular weight excluding hydrogens is 400 g/mol. The summed E-state index contributed by atoms with van der Waals surface area (Å²) in [6.07, 6.45) is 0. The first-order valence-electron chi connectivity index (χ1n) is 0.183. The predicted molar refractivity (Wildman–Crippen MR) is 8.66 cm³/mol. The van der Waals surface area contributed by atoms with Crippen LogP contribution in [0.15, 0.2) is 0 Å². The molecule has 0 amide bonds. The van der Waals surface area contributed by atoms with Gasteiger partial charge in [-0.3, -0.25) is 0 Å². The van der Waals surface area contributed by atoms with Gasteiger partial charge in [0, 0.05) is 19.5 Å². The van der Waals surface area contributed by atoms with Crippen LogP contribution in [0.1, 0.15) is 2.85 Å². The first-order valence-corrected chi connectivity index (χ1v) is 1.49. The van der Waals surface area contributed by atoms with Gasteiger partial charge in [0.25, 0.3) is 0 Å². The molecule has 0 N–H and O–H groups in total. The van der Waals surface area contributed by atoms with Crippen LogP contribution in [0.3, 0.4) is 0 Å². The second kappa shape index (κ2) is 17.2. The standard InChI is InChI=1S/Ba.O.Ta.Zn.2H/q+2;;;;2*-1. The molecule has 0 spiro atoms. The monoisotopic (exact) mass is 401 g/mol. The van der Waals surface area contributed by atoms with E-state index in [0.717, 1.165) is 0 Å². The van der Waals surface area contributed by atoms with Crippen molar-refractivity contribution in [2.24, 2.45) is 0 Å². The first kappa shape index (κ1) is 15.9. The zero-order valence-electron chi connectivity index (χ0n) is 4.27. The van der Waals surface area contributed by atoms with Gasteiger partial charge in [-0.25, -0.2) is 0 Å². The van der Waals surface area contributed by atoms with E-state index in [2.05, 4.69) is 0 Å². The van der Waals surface area contributed by atoms with Crippen LogP contribution < -0.4 is 0 Å². The topological polar surface area (TPSA) is 17.1 Å². The van der Waals surface area contributed by atoms with E-state index >= 15 is 0 Å². The maximum absolute atomic E-state index is 8.36.